The van der Waals surface area contributed by atoms with E-state index in [1.54, 1.807) is 0 Å². The molecule has 0 unspecified atom stereocenters. The van der Waals surface area contributed by atoms with Gasteiger partial charge < -0.3 is 0 Å². The molecule has 0 spiro atoms. The van der Waals surface area contributed by atoms with Crippen molar-refractivity contribution in [2.24, 2.45) is 0 Å². The Hall–Kier alpha value is -0.166. The summed E-state index contributed by atoms with van der Waals surface area (Å²) in [4.78, 5) is 0. The molecule has 0 aromatic heterocycles. The van der Waals surface area contributed by atoms with Gasteiger partial charge in [-0.1, -0.05) is 19.1 Å². The van der Waals surface area contributed by atoms with Gasteiger partial charge in [0.2, 0.25) is 0 Å². The Morgan fingerprint density at radius 1 is 1.00 bits per heavy atom. The normalized spacial score (nSPS) is 16.9. The quantitative estimate of drug-likeness (QED) is 0.510. The molecule has 2 rings (SSSR count). The average molecular weight is 242 g/mol. The first-order valence-electron chi connectivity index (χ1n) is 4.43. The molecule has 2 aliphatic carbocycles. The minimum Gasteiger partial charge on any atom is -0.155 e. The molecule has 0 aliphatic heterocycles. The summed E-state index contributed by atoms with van der Waals surface area (Å²) in [5.74, 6) is 1.46. The van der Waals surface area contributed by atoms with Gasteiger partial charge in [-0.2, -0.15) is 18.1 Å². The van der Waals surface area contributed by atoms with E-state index < -0.39 is 0 Å². The molecule has 0 aromatic rings. The predicted molar refractivity (Wildman–Crippen MR) is 59.8 cm³/mol. The molecule has 0 radical (unpaired) electrons. The fourth-order valence-electron chi connectivity index (χ4n) is 1.66. The Morgan fingerprint density at radius 2 is 1.43 bits per heavy atom. The van der Waals surface area contributed by atoms with Crippen molar-refractivity contribution in [3.63, 3.8) is 0 Å². The van der Waals surface area contributed by atoms with Crippen molar-refractivity contribution < 1.29 is 21.7 Å². The van der Waals surface area contributed by atoms with Crippen LogP contribution in [0.4, 0.5) is 0 Å². The number of hydrogen-bond donors (Lipinski definition) is 0. The van der Waals surface area contributed by atoms with Crippen molar-refractivity contribution in [3.05, 3.63) is 53.5 Å². The average Bonchev–Trinajstić information content (AvgIpc) is 2.77. The Kier molecular flexibility index (Phi) is 6.27. The van der Waals surface area contributed by atoms with E-state index in [9.17, 15) is 0 Å². The fraction of sp³-hybridized carbons (Fsp3) is 0.250. The molecule has 2 aliphatic rings. The van der Waals surface area contributed by atoms with E-state index in [0.717, 1.165) is 12.8 Å². The van der Waals surface area contributed by atoms with Gasteiger partial charge in [-0.15, -0.1) is 35.7 Å². The fourth-order valence-corrected chi connectivity index (χ4v) is 1.66. The van der Waals surface area contributed by atoms with Gasteiger partial charge in [0.05, 0.1) is 0 Å². The second kappa shape index (κ2) is 6.34. The van der Waals surface area contributed by atoms with Crippen molar-refractivity contribution >= 4 is 12.4 Å². The summed E-state index contributed by atoms with van der Waals surface area (Å²) in [7, 11) is 0. The van der Waals surface area contributed by atoms with Gasteiger partial charge >= 0.3 is 0 Å². The van der Waals surface area contributed by atoms with Gasteiger partial charge in [0, 0.05) is 21.7 Å². The van der Waals surface area contributed by atoms with E-state index in [-0.39, 0.29) is 34.1 Å². The van der Waals surface area contributed by atoms with Gasteiger partial charge in [-0.05, 0) is 12.8 Å². The Bertz CT molecular complexity index is 267. The van der Waals surface area contributed by atoms with E-state index >= 15 is 0 Å². The third-order valence-electron chi connectivity index (χ3n) is 2.51. The molecule has 14 heavy (non-hydrogen) atoms. The Morgan fingerprint density at radius 3 is 1.71 bits per heavy atom. The summed E-state index contributed by atoms with van der Waals surface area (Å²) in [6, 6.07) is 0. The van der Waals surface area contributed by atoms with E-state index in [0.29, 0.717) is 0 Å². The Labute approximate surface area is 107 Å². The molecule has 0 saturated carbocycles. The van der Waals surface area contributed by atoms with Gasteiger partial charge in [-0.3, -0.25) is 0 Å². The molecule has 74 valence electrons. The largest absolute Gasteiger partial charge is 0.155 e. The zero-order valence-electron chi connectivity index (χ0n) is 8.29. The van der Waals surface area contributed by atoms with Crippen LogP contribution >= 0.6 is 12.4 Å². The second-order valence-corrected chi connectivity index (χ2v) is 3.27. The van der Waals surface area contributed by atoms with Crippen molar-refractivity contribution in [2.75, 3.05) is 0 Å². The molecule has 0 bridgehead atoms. The summed E-state index contributed by atoms with van der Waals surface area (Å²) in [6.45, 7) is 2.22. The molecular formula is C12H14ClTi-. The zero-order chi connectivity index (χ0) is 8.39. The molecule has 2 heteroatoms. The van der Waals surface area contributed by atoms with E-state index in [1.807, 2.05) is 0 Å². The van der Waals surface area contributed by atoms with Crippen LogP contribution in [-0.2, 0) is 21.7 Å². The maximum atomic E-state index is 2.22. The van der Waals surface area contributed by atoms with E-state index in [1.165, 1.54) is 17.1 Å². The van der Waals surface area contributed by atoms with E-state index in [2.05, 4.69) is 43.4 Å². The number of hydrogen-bond acceptors (Lipinski definition) is 0. The first-order valence-corrected chi connectivity index (χ1v) is 4.43. The van der Waals surface area contributed by atoms with Crippen molar-refractivity contribution in [2.45, 2.75) is 19.8 Å². The van der Waals surface area contributed by atoms with Crippen LogP contribution in [0.25, 0.3) is 0 Å². The van der Waals surface area contributed by atoms with Crippen LogP contribution in [0, 0.1) is 5.92 Å². The molecule has 0 saturated heterocycles. The zero-order valence-corrected chi connectivity index (χ0v) is 10.7. The number of halogens is 1. The molecule has 0 amide bonds. The SMILES string of the molecule is C[C-](C1=CC=CC1)C1=CC=CC1.Cl.[Ti]. The maximum absolute atomic E-state index is 2.22. The smallest absolute Gasteiger partial charge is 0 e. The second-order valence-electron chi connectivity index (χ2n) is 3.27. The summed E-state index contributed by atoms with van der Waals surface area (Å²) in [6.07, 6.45) is 15.4. The topological polar surface area (TPSA) is 0 Å². The Balaban J connectivity index is 0.000000845. The molecule has 0 fully saturated rings. The summed E-state index contributed by atoms with van der Waals surface area (Å²) < 4.78 is 0. The van der Waals surface area contributed by atoms with Crippen LogP contribution < -0.4 is 0 Å². The van der Waals surface area contributed by atoms with Crippen LogP contribution in [0.15, 0.2) is 47.6 Å². The molecule has 0 nitrogen and oxygen atoms in total. The standard InChI is InChI=1S/C12H13.ClH.Ti/c1-10(11-6-2-3-7-11)12-8-4-5-9-12;;/h2-6,8H,7,9H2,1H3;1H;/q-1;;. The van der Waals surface area contributed by atoms with Crippen LogP contribution in [-0.4, -0.2) is 0 Å². The first kappa shape index (κ1) is 13.8. The van der Waals surface area contributed by atoms with Gasteiger partial charge in [0.25, 0.3) is 0 Å². The molecule has 0 heterocycles. The molecule has 0 atom stereocenters. The predicted octanol–water partition coefficient (Wildman–Crippen LogP) is 3.77. The first-order chi connectivity index (χ1) is 5.88. The minimum atomic E-state index is 0. The number of rotatable bonds is 2. The van der Waals surface area contributed by atoms with Crippen molar-refractivity contribution in [1.82, 2.24) is 0 Å². The van der Waals surface area contributed by atoms with Crippen LogP contribution in [0.5, 0.6) is 0 Å². The molecule has 0 N–H and O–H groups in total. The monoisotopic (exact) mass is 241 g/mol. The van der Waals surface area contributed by atoms with Gasteiger partial charge in [0.15, 0.2) is 0 Å². The molecular weight excluding hydrogens is 227 g/mol. The minimum absolute atomic E-state index is 0. The third kappa shape index (κ3) is 2.91. The van der Waals surface area contributed by atoms with Gasteiger partial charge in [0.1, 0.15) is 0 Å². The van der Waals surface area contributed by atoms with E-state index in [4.69, 9.17) is 0 Å². The summed E-state index contributed by atoms with van der Waals surface area (Å²) in [5, 5.41) is 0. The maximum Gasteiger partial charge on any atom is 0 e. The van der Waals surface area contributed by atoms with Crippen LogP contribution in [0.1, 0.15) is 19.8 Å². The van der Waals surface area contributed by atoms with Crippen molar-refractivity contribution in [1.29, 1.82) is 0 Å². The van der Waals surface area contributed by atoms with Crippen LogP contribution in [0.2, 0.25) is 0 Å². The number of allylic oxidation sites excluding steroid dienone is 8. The van der Waals surface area contributed by atoms with Gasteiger partial charge in [-0.25, -0.2) is 0 Å². The third-order valence-corrected chi connectivity index (χ3v) is 2.51. The van der Waals surface area contributed by atoms with Crippen LogP contribution in [0.3, 0.4) is 0 Å². The summed E-state index contributed by atoms with van der Waals surface area (Å²) >= 11 is 0. The van der Waals surface area contributed by atoms with Crippen molar-refractivity contribution in [3.8, 4) is 0 Å². The molecule has 0 aromatic carbocycles. The summed E-state index contributed by atoms with van der Waals surface area (Å²) in [5.41, 5.74) is 2.95.